The van der Waals surface area contributed by atoms with Gasteiger partial charge in [0.05, 0.1) is 13.3 Å². The highest BCUT2D eigenvalue weighted by Gasteiger charge is 2.11. The molecular formula is C16H14FN3O. The summed E-state index contributed by atoms with van der Waals surface area (Å²) in [6.45, 7) is 0. The molecule has 0 amide bonds. The quantitative estimate of drug-likeness (QED) is 0.737. The Hall–Kier alpha value is -2.69. The van der Waals surface area contributed by atoms with Gasteiger partial charge in [0.25, 0.3) is 0 Å². The Morgan fingerprint density at radius 3 is 2.57 bits per heavy atom. The fraction of sp³-hybridized carbons (Fsp3) is 0.125. The Morgan fingerprint density at radius 1 is 1.10 bits per heavy atom. The molecule has 0 aliphatic heterocycles. The van der Waals surface area contributed by atoms with Crippen LogP contribution >= 0.6 is 0 Å². The second-order valence-corrected chi connectivity index (χ2v) is 4.66. The van der Waals surface area contributed by atoms with E-state index in [2.05, 4.69) is 10.2 Å². The van der Waals surface area contributed by atoms with Crippen LogP contribution in [-0.4, -0.2) is 24.4 Å². The number of fused-ring (bicyclic) bond motifs is 1. The molecule has 5 heteroatoms. The first kappa shape index (κ1) is 13.3. The maximum atomic E-state index is 13.5. The number of benzene rings is 2. The molecule has 0 fully saturated rings. The number of halogens is 1. The van der Waals surface area contributed by atoms with Crippen LogP contribution in [-0.2, 0) is 0 Å². The van der Waals surface area contributed by atoms with Crippen LogP contribution in [0.5, 0.6) is 5.75 Å². The summed E-state index contributed by atoms with van der Waals surface area (Å²) in [6, 6.07) is 12.2. The topological polar surface area (TPSA) is 38.2 Å². The molecule has 0 aliphatic rings. The molecule has 1 aromatic heterocycles. The molecule has 3 aromatic rings. The van der Waals surface area contributed by atoms with Crippen molar-refractivity contribution >= 4 is 22.3 Å². The van der Waals surface area contributed by atoms with E-state index >= 15 is 0 Å². The Kier molecular flexibility index (Phi) is 3.39. The number of nitrogens with zero attached hydrogens (tertiary/aromatic N) is 3. The minimum atomic E-state index is -0.292. The van der Waals surface area contributed by atoms with E-state index < -0.39 is 0 Å². The first-order valence-corrected chi connectivity index (χ1v) is 6.48. The van der Waals surface area contributed by atoms with Crippen LogP contribution in [0.15, 0.2) is 48.7 Å². The van der Waals surface area contributed by atoms with Gasteiger partial charge in [0.15, 0.2) is 5.82 Å². The van der Waals surface area contributed by atoms with Gasteiger partial charge in [-0.15, -0.1) is 5.10 Å². The Morgan fingerprint density at radius 2 is 1.86 bits per heavy atom. The second-order valence-electron chi connectivity index (χ2n) is 4.66. The van der Waals surface area contributed by atoms with E-state index in [1.165, 1.54) is 12.1 Å². The van der Waals surface area contributed by atoms with Crippen LogP contribution in [0, 0.1) is 5.82 Å². The Balaban J connectivity index is 2.08. The van der Waals surface area contributed by atoms with E-state index in [0.717, 1.165) is 22.2 Å². The van der Waals surface area contributed by atoms with Gasteiger partial charge in [-0.3, -0.25) is 0 Å². The molecule has 2 aromatic carbocycles. The SMILES string of the molecule is COc1ccc(N(C)c2nncc3ccc(F)cc23)cc1. The zero-order chi connectivity index (χ0) is 14.8. The average Bonchev–Trinajstić information content (AvgIpc) is 2.53. The predicted molar refractivity (Wildman–Crippen MR) is 80.6 cm³/mol. The predicted octanol–water partition coefficient (Wildman–Crippen LogP) is 3.55. The van der Waals surface area contributed by atoms with Crippen LogP contribution in [0.2, 0.25) is 0 Å². The van der Waals surface area contributed by atoms with E-state index in [-0.39, 0.29) is 5.82 Å². The van der Waals surface area contributed by atoms with Crippen molar-refractivity contribution in [2.45, 2.75) is 0 Å². The number of methoxy groups -OCH3 is 1. The van der Waals surface area contributed by atoms with Crippen molar-refractivity contribution in [2.75, 3.05) is 19.1 Å². The third kappa shape index (κ3) is 2.50. The number of ether oxygens (including phenoxy) is 1. The van der Waals surface area contributed by atoms with Crippen molar-refractivity contribution < 1.29 is 9.13 Å². The molecule has 0 saturated carbocycles. The van der Waals surface area contributed by atoms with Gasteiger partial charge in [-0.25, -0.2) is 4.39 Å². The highest BCUT2D eigenvalue weighted by atomic mass is 19.1. The van der Waals surface area contributed by atoms with Gasteiger partial charge in [-0.1, -0.05) is 0 Å². The summed E-state index contributed by atoms with van der Waals surface area (Å²) in [5, 5.41) is 9.70. The van der Waals surface area contributed by atoms with Gasteiger partial charge >= 0.3 is 0 Å². The highest BCUT2D eigenvalue weighted by Crippen LogP contribution is 2.29. The van der Waals surface area contributed by atoms with Gasteiger partial charge in [0.1, 0.15) is 11.6 Å². The van der Waals surface area contributed by atoms with Gasteiger partial charge in [0.2, 0.25) is 0 Å². The molecule has 21 heavy (non-hydrogen) atoms. The largest absolute Gasteiger partial charge is 0.497 e. The summed E-state index contributed by atoms with van der Waals surface area (Å²) in [6.07, 6.45) is 1.63. The highest BCUT2D eigenvalue weighted by molar-refractivity contribution is 5.93. The molecule has 0 bridgehead atoms. The van der Waals surface area contributed by atoms with Crippen LogP contribution < -0.4 is 9.64 Å². The second kappa shape index (κ2) is 5.36. The lowest BCUT2D eigenvalue weighted by molar-refractivity contribution is 0.415. The third-order valence-electron chi connectivity index (χ3n) is 3.38. The molecule has 0 N–H and O–H groups in total. The van der Waals surface area contributed by atoms with E-state index in [0.29, 0.717) is 5.82 Å². The lowest BCUT2D eigenvalue weighted by Crippen LogP contribution is -2.12. The van der Waals surface area contributed by atoms with E-state index in [1.54, 1.807) is 19.4 Å². The molecule has 106 valence electrons. The molecule has 3 rings (SSSR count). The van der Waals surface area contributed by atoms with Gasteiger partial charge in [-0.05, 0) is 42.5 Å². The van der Waals surface area contributed by atoms with Crippen molar-refractivity contribution in [2.24, 2.45) is 0 Å². The van der Waals surface area contributed by atoms with E-state index in [4.69, 9.17) is 4.74 Å². The molecule has 0 spiro atoms. The van der Waals surface area contributed by atoms with Crippen LogP contribution in [0.4, 0.5) is 15.9 Å². The molecule has 0 atom stereocenters. The summed E-state index contributed by atoms with van der Waals surface area (Å²) in [7, 11) is 3.49. The summed E-state index contributed by atoms with van der Waals surface area (Å²) in [5.41, 5.74) is 0.918. The van der Waals surface area contributed by atoms with Crippen LogP contribution in [0.3, 0.4) is 0 Å². The first-order chi connectivity index (χ1) is 10.2. The van der Waals surface area contributed by atoms with Gasteiger partial charge < -0.3 is 9.64 Å². The molecular weight excluding hydrogens is 269 g/mol. The number of rotatable bonds is 3. The number of hydrogen-bond donors (Lipinski definition) is 0. The van der Waals surface area contributed by atoms with Crippen LogP contribution in [0.25, 0.3) is 10.8 Å². The summed E-state index contributed by atoms with van der Waals surface area (Å²) < 4.78 is 18.6. The fourth-order valence-corrected chi connectivity index (χ4v) is 2.21. The van der Waals surface area contributed by atoms with Crippen molar-refractivity contribution in [3.63, 3.8) is 0 Å². The maximum absolute atomic E-state index is 13.5. The number of hydrogen-bond acceptors (Lipinski definition) is 4. The molecule has 0 aliphatic carbocycles. The molecule has 0 unspecified atom stereocenters. The zero-order valence-corrected chi connectivity index (χ0v) is 11.7. The van der Waals surface area contributed by atoms with E-state index in [1.807, 2.05) is 36.2 Å². The van der Waals surface area contributed by atoms with Crippen molar-refractivity contribution in [3.05, 3.63) is 54.5 Å². The van der Waals surface area contributed by atoms with Crippen molar-refractivity contribution in [1.82, 2.24) is 10.2 Å². The summed E-state index contributed by atoms with van der Waals surface area (Å²) >= 11 is 0. The lowest BCUT2D eigenvalue weighted by Gasteiger charge is -2.19. The van der Waals surface area contributed by atoms with Crippen molar-refractivity contribution in [3.8, 4) is 5.75 Å². The summed E-state index contributed by atoms with van der Waals surface area (Å²) in [5.74, 6) is 1.10. The van der Waals surface area contributed by atoms with E-state index in [9.17, 15) is 4.39 Å². The summed E-state index contributed by atoms with van der Waals surface area (Å²) in [4.78, 5) is 1.87. The van der Waals surface area contributed by atoms with Gasteiger partial charge in [-0.2, -0.15) is 5.10 Å². The van der Waals surface area contributed by atoms with Gasteiger partial charge in [0, 0.05) is 23.5 Å². The molecule has 4 nitrogen and oxygen atoms in total. The van der Waals surface area contributed by atoms with Crippen molar-refractivity contribution in [1.29, 1.82) is 0 Å². The minimum Gasteiger partial charge on any atom is -0.497 e. The Bertz CT molecular complexity index is 774. The smallest absolute Gasteiger partial charge is 0.163 e. The zero-order valence-electron chi connectivity index (χ0n) is 11.7. The Labute approximate surface area is 121 Å². The number of aromatic nitrogens is 2. The normalized spacial score (nSPS) is 10.6. The minimum absolute atomic E-state index is 0.292. The molecule has 0 saturated heterocycles. The fourth-order valence-electron chi connectivity index (χ4n) is 2.21. The first-order valence-electron chi connectivity index (χ1n) is 6.48. The third-order valence-corrected chi connectivity index (χ3v) is 3.38. The monoisotopic (exact) mass is 283 g/mol. The lowest BCUT2D eigenvalue weighted by atomic mass is 10.1. The number of anilines is 2. The maximum Gasteiger partial charge on any atom is 0.163 e. The average molecular weight is 283 g/mol. The van der Waals surface area contributed by atoms with Crippen LogP contribution in [0.1, 0.15) is 0 Å². The molecule has 1 heterocycles. The standard InChI is InChI=1S/C16H14FN3O/c1-20(13-5-7-14(21-2)8-6-13)16-15-9-12(17)4-3-11(15)10-18-19-16/h3-10H,1-2H3. The molecule has 0 radical (unpaired) electrons.